The average molecular weight is 282 g/mol. The number of carbonyl (C=O) groups is 1. The Labute approximate surface area is 123 Å². The maximum absolute atomic E-state index is 12.2. The van der Waals surface area contributed by atoms with Gasteiger partial charge in [-0.15, -0.1) is 0 Å². The van der Waals surface area contributed by atoms with Gasteiger partial charge in [-0.3, -0.25) is 4.79 Å². The van der Waals surface area contributed by atoms with Crippen LogP contribution in [0.15, 0.2) is 42.5 Å². The van der Waals surface area contributed by atoms with Crippen molar-refractivity contribution in [1.29, 1.82) is 0 Å². The number of nitrogens with two attached hydrogens (primary N) is 1. The lowest BCUT2D eigenvalue weighted by Crippen LogP contribution is -2.22. The van der Waals surface area contributed by atoms with E-state index in [0.717, 1.165) is 28.9 Å². The number of ether oxygens (including phenoxy) is 1. The lowest BCUT2D eigenvalue weighted by atomic mass is 10.1. The molecule has 2 aromatic rings. The van der Waals surface area contributed by atoms with Gasteiger partial charge in [-0.1, -0.05) is 24.3 Å². The topological polar surface area (TPSA) is 64.3 Å². The van der Waals surface area contributed by atoms with Crippen LogP contribution in [-0.4, -0.2) is 12.5 Å². The van der Waals surface area contributed by atoms with Crippen molar-refractivity contribution in [2.75, 3.05) is 6.61 Å². The summed E-state index contributed by atoms with van der Waals surface area (Å²) in [5.41, 5.74) is 9.49. The number of fused-ring (bicyclic) bond motifs is 1. The second-order valence-electron chi connectivity index (χ2n) is 5.12. The predicted molar refractivity (Wildman–Crippen MR) is 81.1 cm³/mol. The molecule has 2 aromatic carbocycles. The molecule has 0 unspecified atom stereocenters. The minimum atomic E-state index is -0.0624. The van der Waals surface area contributed by atoms with Crippen LogP contribution in [0.4, 0.5) is 0 Å². The van der Waals surface area contributed by atoms with Gasteiger partial charge in [0.2, 0.25) is 0 Å². The van der Waals surface area contributed by atoms with Crippen LogP contribution in [0.25, 0.3) is 0 Å². The first-order valence-electron chi connectivity index (χ1n) is 7.08. The third kappa shape index (κ3) is 3.06. The molecule has 0 aromatic heterocycles. The Morgan fingerprint density at radius 1 is 1.14 bits per heavy atom. The van der Waals surface area contributed by atoms with Crippen molar-refractivity contribution in [3.05, 3.63) is 64.7 Å². The fourth-order valence-electron chi connectivity index (χ4n) is 2.41. The van der Waals surface area contributed by atoms with Gasteiger partial charge in [0.05, 0.1) is 6.61 Å². The van der Waals surface area contributed by atoms with E-state index in [9.17, 15) is 4.79 Å². The van der Waals surface area contributed by atoms with E-state index in [2.05, 4.69) is 5.32 Å². The summed E-state index contributed by atoms with van der Waals surface area (Å²) >= 11 is 0. The quantitative estimate of drug-likeness (QED) is 0.901. The van der Waals surface area contributed by atoms with Crippen molar-refractivity contribution in [2.24, 2.45) is 5.73 Å². The van der Waals surface area contributed by atoms with Crippen molar-refractivity contribution in [2.45, 2.75) is 19.5 Å². The van der Waals surface area contributed by atoms with Gasteiger partial charge in [-0.2, -0.15) is 0 Å². The number of nitrogens with one attached hydrogen (secondary N) is 1. The maximum atomic E-state index is 12.2. The second kappa shape index (κ2) is 5.97. The lowest BCUT2D eigenvalue weighted by molar-refractivity contribution is 0.0951. The smallest absolute Gasteiger partial charge is 0.251 e. The number of hydrogen-bond acceptors (Lipinski definition) is 3. The number of carbonyl (C=O) groups excluding carboxylic acids is 1. The summed E-state index contributed by atoms with van der Waals surface area (Å²) in [7, 11) is 0. The van der Waals surface area contributed by atoms with Gasteiger partial charge in [-0.05, 0) is 34.9 Å². The minimum absolute atomic E-state index is 0.0624. The van der Waals surface area contributed by atoms with Crippen molar-refractivity contribution in [3.8, 4) is 5.75 Å². The molecule has 0 bridgehead atoms. The molecule has 0 saturated heterocycles. The van der Waals surface area contributed by atoms with Gasteiger partial charge in [0.1, 0.15) is 5.75 Å². The molecule has 0 aliphatic carbocycles. The Bertz CT molecular complexity index is 650. The Kier molecular flexibility index (Phi) is 3.88. The van der Waals surface area contributed by atoms with Crippen molar-refractivity contribution in [1.82, 2.24) is 5.32 Å². The largest absolute Gasteiger partial charge is 0.493 e. The average Bonchev–Trinajstić information content (AvgIpc) is 3.00. The van der Waals surface area contributed by atoms with E-state index < -0.39 is 0 Å². The highest BCUT2D eigenvalue weighted by Gasteiger charge is 2.14. The summed E-state index contributed by atoms with van der Waals surface area (Å²) in [5.74, 6) is 0.830. The molecule has 3 N–H and O–H groups in total. The van der Waals surface area contributed by atoms with Crippen molar-refractivity contribution < 1.29 is 9.53 Å². The van der Waals surface area contributed by atoms with Gasteiger partial charge >= 0.3 is 0 Å². The third-order valence-corrected chi connectivity index (χ3v) is 3.66. The molecular weight excluding hydrogens is 264 g/mol. The molecule has 0 spiro atoms. The van der Waals surface area contributed by atoms with Crippen molar-refractivity contribution >= 4 is 5.91 Å². The number of benzene rings is 2. The van der Waals surface area contributed by atoms with Crippen LogP contribution in [0.1, 0.15) is 27.0 Å². The number of rotatable bonds is 4. The van der Waals surface area contributed by atoms with Gasteiger partial charge in [0, 0.05) is 25.1 Å². The van der Waals surface area contributed by atoms with Crippen molar-refractivity contribution in [3.63, 3.8) is 0 Å². The predicted octanol–water partition coefficient (Wildman–Crippen LogP) is 2.01. The Hall–Kier alpha value is -2.33. The molecule has 21 heavy (non-hydrogen) atoms. The second-order valence-corrected chi connectivity index (χ2v) is 5.12. The first kappa shape index (κ1) is 13.6. The van der Waals surface area contributed by atoms with E-state index in [4.69, 9.17) is 10.5 Å². The highest BCUT2D eigenvalue weighted by atomic mass is 16.5. The van der Waals surface area contributed by atoms with E-state index in [1.807, 2.05) is 36.4 Å². The molecule has 3 rings (SSSR count). The Balaban J connectivity index is 1.63. The van der Waals surface area contributed by atoms with E-state index in [1.54, 1.807) is 6.07 Å². The molecule has 1 amide bonds. The zero-order chi connectivity index (χ0) is 14.7. The zero-order valence-electron chi connectivity index (χ0n) is 11.8. The summed E-state index contributed by atoms with van der Waals surface area (Å²) in [4.78, 5) is 12.2. The zero-order valence-corrected chi connectivity index (χ0v) is 11.8. The van der Waals surface area contributed by atoms with Crippen LogP contribution >= 0.6 is 0 Å². The molecule has 1 heterocycles. The van der Waals surface area contributed by atoms with Crippen LogP contribution in [0, 0.1) is 0 Å². The first-order chi connectivity index (χ1) is 10.3. The highest BCUT2D eigenvalue weighted by Crippen LogP contribution is 2.25. The molecule has 4 nitrogen and oxygen atoms in total. The molecule has 1 aliphatic rings. The minimum Gasteiger partial charge on any atom is -0.493 e. The van der Waals surface area contributed by atoms with Crippen LogP contribution in [0.3, 0.4) is 0 Å². The number of hydrogen-bond donors (Lipinski definition) is 2. The Morgan fingerprint density at radius 3 is 2.67 bits per heavy atom. The summed E-state index contributed by atoms with van der Waals surface area (Å²) in [6, 6.07) is 13.5. The molecule has 4 heteroatoms. The van der Waals surface area contributed by atoms with Gasteiger partial charge in [0.25, 0.3) is 5.91 Å². The fraction of sp³-hybridized carbons (Fsp3) is 0.235. The van der Waals surface area contributed by atoms with Gasteiger partial charge < -0.3 is 15.8 Å². The highest BCUT2D eigenvalue weighted by molar-refractivity contribution is 5.94. The Morgan fingerprint density at radius 2 is 1.90 bits per heavy atom. The summed E-state index contributed by atoms with van der Waals surface area (Å²) in [6.07, 6.45) is 0.872. The molecule has 0 fully saturated rings. The monoisotopic (exact) mass is 282 g/mol. The standard InChI is InChI=1S/C17H18N2O2/c18-10-12-1-3-13(4-2-12)11-19-17(20)15-5-6-16-14(9-15)7-8-21-16/h1-6,9H,7-8,10-11,18H2,(H,19,20). The van der Waals surface area contributed by atoms with Crippen LogP contribution < -0.4 is 15.8 Å². The fourth-order valence-corrected chi connectivity index (χ4v) is 2.41. The molecule has 0 atom stereocenters. The van der Waals surface area contributed by atoms with Crippen LogP contribution in [0.5, 0.6) is 5.75 Å². The first-order valence-corrected chi connectivity index (χ1v) is 7.08. The molecule has 108 valence electrons. The van der Waals surface area contributed by atoms with Crippen LogP contribution in [-0.2, 0) is 19.5 Å². The molecule has 0 saturated carbocycles. The molecular formula is C17H18N2O2. The van der Waals surface area contributed by atoms with E-state index in [-0.39, 0.29) is 5.91 Å². The normalized spacial score (nSPS) is 12.6. The summed E-state index contributed by atoms with van der Waals surface area (Å²) < 4.78 is 5.44. The number of amides is 1. The summed E-state index contributed by atoms with van der Waals surface area (Å²) in [5, 5.41) is 2.93. The van der Waals surface area contributed by atoms with E-state index >= 15 is 0 Å². The van der Waals surface area contributed by atoms with Crippen LogP contribution in [0.2, 0.25) is 0 Å². The lowest BCUT2D eigenvalue weighted by Gasteiger charge is -2.07. The molecule has 0 radical (unpaired) electrons. The SMILES string of the molecule is NCc1ccc(CNC(=O)c2ccc3c(c2)CCO3)cc1. The molecule has 1 aliphatic heterocycles. The summed E-state index contributed by atoms with van der Waals surface area (Å²) in [6.45, 7) is 1.75. The maximum Gasteiger partial charge on any atom is 0.251 e. The van der Waals surface area contributed by atoms with E-state index in [0.29, 0.717) is 25.3 Å². The third-order valence-electron chi connectivity index (χ3n) is 3.66. The van der Waals surface area contributed by atoms with Gasteiger partial charge in [0.15, 0.2) is 0 Å². The van der Waals surface area contributed by atoms with Gasteiger partial charge in [-0.25, -0.2) is 0 Å². The van der Waals surface area contributed by atoms with E-state index in [1.165, 1.54) is 0 Å².